The van der Waals surface area contributed by atoms with E-state index in [0.29, 0.717) is 12.1 Å². The van der Waals surface area contributed by atoms with Gasteiger partial charge in [-0.15, -0.1) is 0 Å². The average Bonchev–Trinajstić information content (AvgIpc) is 2.75. The van der Waals surface area contributed by atoms with Gasteiger partial charge in [0.25, 0.3) is 0 Å². The fourth-order valence-electron chi connectivity index (χ4n) is 2.89. The van der Waals surface area contributed by atoms with Crippen LogP contribution in [0, 0.1) is 5.92 Å². The van der Waals surface area contributed by atoms with Crippen molar-refractivity contribution in [3.63, 3.8) is 0 Å². The molecule has 3 unspecified atom stereocenters. The molecule has 0 aliphatic carbocycles. The van der Waals surface area contributed by atoms with E-state index in [1.54, 1.807) is 0 Å². The van der Waals surface area contributed by atoms with Crippen LogP contribution in [0.4, 0.5) is 0 Å². The summed E-state index contributed by atoms with van der Waals surface area (Å²) in [6.45, 7) is 5.43. The Balaban J connectivity index is 2.06. The second kappa shape index (κ2) is 8.93. The first-order valence-electron chi connectivity index (χ1n) is 7.56. The Kier molecular flexibility index (Phi) is 7.87. The maximum absolute atomic E-state index is 5.67. The van der Waals surface area contributed by atoms with Crippen LogP contribution >= 0.6 is 0 Å². The van der Waals surface area contributed by atoms with Gasteiger partial charge in [0.1, 0.15) is 0 Å². The predicted molar refractivity (Wildman–Crippen MR) is 74.4 cm³/mol. The van der Waals surface area contributed by atoms with Gasteiger partial charge >= 0.3 is 0 Å². The molecule has 102 valence electrons. The van der Waals surface area contributed by atoms with Crippen molar-refractivity contribution in [2.24, 2.45) is 5.92 Å². The normalized spacial score (nSPS) is 26.3. The summed E-state index contributed by atoms with van der Waals surface area (Å²) in [5.41, 5.74) is 0. The maximum atomic E-state index is 5.67. The summed E-state index contributed by atoms with van der Waals surface area (Å²) in [5, 5.41) is 3.49. The number of rotatable bonds is 9. The smallest absolute Gasteiger partial charge is 0.0551 e. The Bertz CT molecular complexity index is 184. The fourth-order valence-corrected chi connectivity index (χ4v) is 2.89. The molecule has 0 bridgehead atoms. The minimum Gasteiger partial charge on any atom is -0.378 e. The summed E-state index contributed by atoms with van der Waals surface area (Å²) in [6, 6.07) is 0.672. The van der Waals surface area contributed by atoms with Crippen LogP contribution in [0.1, 0.15) is 65.2 Å². The van der Waals surface area contributed by atoms with E-state index in [-0.39, 0.29) is 0 Å². The van der Waals surface area contributed by atoms with Crippen LogP contribution in [0.25, 0.3) is 0 Å². The highest BCUT2D eigenvalue weighted by Crippen LogP contribution is 2.25. The Labute approximate surface area is 108 Å². The zero-order valence-corrected chi connectivity index (χ0v) is 12.0. The van der Waals surface area contributed by atoms with Gasteiger partial charge in [-0.3, -0.25) is 0 Å². The first-order chi connectivity index (χ1) is 8.27. The summed E-state index contributed by atoms with van der Waals surface area (Å²) in [5.74, 6) is 0.741. The third-order valence-electron chi connectivity index (χ3n) is 4.04. The average molecular weight is 241 g/mol. The molecule has 17 heavy (non-hydrogen) atoms. The van der Waals surface area contributed by atoms with Crippen molar-refractivity contribution in [3.8, 4) is 0 Å². The topological polar surface area (TPSA) is 21.3 Å². The quantitative estimate of drug-likeness (QED) is 0.621. The summed E-state index contributed by atoms with van der Waals surface area (Å²) >= 11 is 0. The maximum Gasteiger partial charge on any atom is 0.0551 e. The largest absolute Gasteiger partial charge is 0.378 e. The van der Waals surface area contributed by atoms with Crippen LogP contribution in [-0.4, -0.2) is 25.8 Å². The molecule has 1 fully saturated rings. The lowest BCUT2D eigenvalue weighted by molar-refractivity contribution is 0.116. The molecular weight excluding hydrogens is 210 g/mol. The first-order valence-corrected chi connectivity index (χ1v) is 7.56. The fraction of sp³-hybridized carbons (Fsp3) is 1.00. The third-order valence-corrected chi connectivity index (χ3v) is 4.04. The summed E-state index contributed by atoms with van der Waals surface area (Å²) < 4.78 is 5.67. The Hall–Kier alpha value is -0.0800. The van der Waals surface area contributed by atoms with Crippen molar-refractivity contribution in [1.82, 2.24) is 5.32 Å². The van der Waals surface area contributed by atoms with Gasteiger partial charge in [0.05, 0.1) is 12.7 Å². The van der Waals surface area contributed by atoms with E-state index in [1.807, 2.05) is 0 Å². The predicted octanol–water partition coefficient (Wildman–Crippen LogP) is 3.75. The second-order valence-electron chi connectivity index (χ2n) is 5.59. The van der Waals surface area contributed by atoms with Crippen LogP contribution in [0.15, 0.2) is 0 Å². The zero-order chi connectivity index (χ0) is 12.5. The van der Waals surface area contributed by atoms with Gasteiger partial charge in [-0.2, -0.15) is 0 Å². The zero-order valence-electron chi connectivity index (χ0n) is 12.0. The van der Waals surface area contributed by atoms with Crippen molar-refractivity contribution in [2.75, 3.05) is 13.7 Å². The molecule has 1 N–H and O–H groups in total. The van der Waals surface area contributed by atoms with E-state index in [9.17, 15) is 0 Å². The van der Waals surface area contributed by atoms with Gasteiger partial charge in [-0.05, 0) is 26.8 Å². The van der Waals surface area contributed by atoms with E-state index < -0.39 is 0 Å². The first kappa shape index (κ1) is 15.0. The summed E-state index contributed by atoms with van der Waals surface area (Å²) in [6.07, 6.45) is 11.4. The van der Waals surface area contributed by atoms with E-state index in [4.69, 9.17) is 4.74 Å². The molecule has 2 nitrogen and oxygen atoms in total. The lowest BCUT2D eigenvalue weighted by Crippen LogP contribution is -2.33. The van der Waals surface area contributed by atoms with Gasteiger partial charge in [-0.25, -0.2) is 0 Å². The van der Waals surface area contributed by atoms with Crippen LogP contribution in [0.3, 0.4) is 0 Å². The van der Waals surface area contributed by atoms with Gasteiger partial charge in [0.15, 0.2) is 0 Å². The molecule has 1 aliphatic heterocycles. The number of unbranched alkanes of at least 4 members (excludes halogenated alkanes) is 5. The van der Waals surface area contributed by atoms with E-state index in [2.05, 4.69) is 26.2 Å². The van der Waals surface area contributed by atoms with Crippen LogP contribution < -0.4 is 5.32 Å². The van der Waals surface area contributed by atoms with Gasteiger partial charge < -0.3 is 10.1 Å². The molecule has 1 aliphatic rings. The van der Waals surface area contributed by atoms with E-state index in [1.165, 1.54) is 51.4 Å². The minimum atomic E-state index is 0.473. The molecule has 0 aromatic heterocycles. The Morgan fingerprint density at radius 3 is 2.47 bits per heavy atom. The third kappa shape index (κ3) is 5.87. The van der Waals surface area contributed by atoms with Gasteiger partial charge in [0, 0.05) is 12.0 Å². The molecule has 1 heterocycles. The standard InChI is InChI=1S/C15H31NO/c1-4-5-6-7-8-9-10-15(16-3)14-11-13(2)17-12-14/h13-16H,4-12H2,1-3H3. The van der Waals surface area contributed by atoms with Crippen LogP contribution in [0.5, 0.6) is 0 Å². The molecule has 0 aromatic carbocycles. The van der Waals surface area contributed by atoms with Crippen molar-refractivity contribution in [3.05, 3.63) is 0 Å². The lowest BCUT2D eigenvalue weighted by Gasteiger charge is -2.21. The Morgan fingerprint density at radius 2 is 1.88 bits per heavy atom. The van der Waals surface area contributed by atoms with Crippen molar-refractivity contribution in [2.45, 2.75) is 77.4 Å². The number of hydrogen-bond donors (Lipinski definition) is 1. The molecule has 0 spiro atoms. The van der Waals surface area contributed by atoms with Crippen molar-refractivity contribution >= 4 is 0 Å². The molecule has 1 saturated heterocycles. The highest BCUT2D eigenvalue weighted by Gasteiger charge is 2.28. The molecule has 2 heteroatoms. The van der Waals surface area contributed by atoms with E-state index >= 15 is 0 Å². The number of hydrogen-bond acceptors (Lipinski definition) is 2. The van der Waals surface area contributed by atoms with Gasteiger partial charge in [-0.1, -0.05) is 45.4 Å². The van der Waals surface area contributed by atoms with Crippen molar-refractivity contribution in [1.29, 1.82) is 0 Å². The second-order valence-corrected chi connectivity index (χ2v) is 5.59. The van der Waals surface area contributed by atoms with E-state index in [0.717, 1.165) is 12.5 Å². The molecule has 0 amide bonds. The molecular formula is C15H31NO. The van der Waals surface area contributed by atoms with Crippen LogP contribution in [-0.2, 0) is 4.74 Å². The monoisotopic (exact) mass is 241 g/mol. The highest BCUT2D eigenvalue weighted by molar-refractivity contribution is 4.81. The minimum absolute atomic E-state index is 0.473. The summed E-state index contributed by atoms with van der Waals surface area (Å²) in [7, 11) is 2.10. The molecule has 1 rings (SSSR count). The highest BCUT2D eigenvalue weighted by atomic mass is 16.5. The molecule has 0 saturated carbocycles. The number of nitrogens with one attached hydrogen (secondary N) is 1. The molecule has 0 radical (unpaired) electrons. The van der Waals surface area contributed by atoms with Crippen LogP contribution in [0.2, 0.25) is 0 Å². The number of ether oxygens (including phenoxy) is 1. The lowest BCUT2D eigenvalue weighted by atomic mass is 9.92. The molecule has 3 atom stereocenters. The SMILES string of the molecule is CCCCCCCCC(NC)C1COC(C)C1. The Morgan fingerprint density at radius 1 is 1.18 bits per heavy atom. The summed E-state index contributed by atoms with van der Waals surface area (Å²) in [4.78, 5) is 0. The molecule has 0 aromatic rings. The van der Waals surface area contributed by atoms with Gasteiger partial charge in [0.2, 0.25) is 0 Å². The van der Waals surface area contributed by atoms with Crippen molar-refractivity contribution < 1.29 is 4.74 Å².